The average Bonchev–Trinajstić information content (AvgIpc) is 3.26. The summed E-state index contributed by atoms with van der Waals surface area (Å²) >= 11 is 1.58. The van der Waals surface area contributed by atoms with Crippen LogP contribution >= 0.6 is 11.8 Å². The van der Waals surface area contributed by atoms with Crippen molar-refractivity contribution in [2.75, 3.05) is 5.75 Å². The van der Waals surface area contributed by atoms with Crippen molar-refractivity contribution in [1.29, 1.82) is 0 Å². The van der Waals surface area contributed by atoms with Crippen molar-refractivity contribution in [3.63, 3.8) is 0 Å². The lowest BCUT2D eigenvalue weighted by Gasteiger charge is -2.12. The molecule has 2 aromatic heterocycles. The van der Waals surface area contributed by atoms with E-state index in [1.54, 1.807) is 11.8 Å². The average molecular weight is 352 g/mol. The summed E-state index contributed by atoms with van der Waals surface area (Å²) in [5, 5.41) is 11.3. The number of benzene rings is 1. The SMILES string of the molecule is CC(NC(=O)CSc1ccc2c(c1)CCC2)c1nnc2ccccn12. The van der Waals surface area contributed by atoms with Crippen LogP contribution in [0.5, 0.6) is 0 Å². The lowest BCUT2D eigenvalue weighted by Crippen LogP contribution is -2.29. The minimum Gasteiger partial charge on any atom is -0.346 e. The van der Waals surface area contributed by atoms with Gasteiger partial charge in [0.05, 0.1) is 11.8 Å². The first-order chi connectivity index (χ1) is 12.2. The maximum Gasteiger partial charge on any atom is 0.230 e. The van der Waals surface area contributed by atoms with E-state index >= 15 is 0 Å². The normalized spacial score (nSPS) is 14.4. The Balaban J connectivity index is 1.37. The Labute approximate surface area is 150 Å². The Bertz CT molecular complexity index is 921. The summed E-state index contributed by atoms with van der Waals surface area (Å²) in [5.41, 5.74) is 3.68. The number of aromatic nitrogens is 3. The number of carbonyl (C=O) groups is 1. The standard InChI is InChI=1S/C19H20N4OS/c1-13(19-22-21-17-7-2-3-10-23(17)19)20-18(24)12-25-16-9-8-14-5-4-6-15(14)11-16/h2-3,7-11,13H,4-6,12H2,1H3,(H,20,24). The number of fused-ring (bicyclic) bond motifs is 2. The smallest absolute Gasteiger partial charge is 0.230 e. The Kier molecular flexibility index (Phi) is 4.44. The van der Waals surface area contributed by atoms with Gasteiger partial charge in [0.25, 0.3) is 0 Å². The van der Waals surface area contributed by atoms with Crippen molar-refractivity contribution < 1.29 is 4.79 Å². The van der Waals surface area contributed by atoms with Crippen molar-refractivity contribution in [3.05, 3.63) is 59.5 Å². The number of aryl methyl sites for hydroxylation is 2. The fourth-order valence-electron chi connectivity index (χ4n) is 3.29. The number of amides is 1. The van der Waals surface area contributed by atoms with Crippen LogP contribution in [0.4, 0.5) is 0 Å². The molecule has 1 aliphatic rings. The van der Waals surface area contributed by atoms with Crippen LogP contribution in [0.3, 0.4) is 0 Å². The molecule has 3 aromatic rings. The number of nitrogens with zero attached hydrogens (tertiary/aromatic N) is 3. The Hall–Kier alpha value is -2.34. The first-order valence-electron chi connectivity index (χ1n) is 8.54. The summed E-state index contributed by atoms with van der Waals surface area (Å²) in [6, 6.07) is 12.1. The third-order valence-electron chi connectivity index (χ3n) is 4.54. The largest absolute Gasteiger partial charge is 0.346 e. The third-order valence-corrected chi connectivity index (χ3v) is 5.54. The first-order valence-corrected chi connectivity index (χ1v) is 9.53. The quantitative estimate of drug-likeness (QED) is 0.717. The van der Waals surface area contributed by atoms with E-state index in [9.17, 15) is 4.79 Å². The summed E-state index contributed by atoms with van der Waals surface area (Å²) < 4.78 is 1.90. The molecule has 4 rings (SSSR count). The van der Waals surface area contributed by atoms with Crippen molar-refractivity contribution in [3.8, 4) is 0 Å². The number of hydrogen-bond donors (Lipinski definition) is 1. The molecule has 1 aliphatic carbocycles. The van der Waals surface area contributed by atoms with Crippen LogP contribution in [0, 0.1) is 0 Å². The Morgan fingerprint density at radius 3 is 3.04 bits per heavy atom. The van der Waals surface area contributed by atoms with E-state index in [1.807, 2.05) is 35.7 Å². The Morgan fingerprint density at radius 1 is 1.24 bits per heavy atom. The number of pyridine rings is 1. The molecular formula is C19H20N4OS. The topological polar surface area (TPSA) is 59.3 Å². The lowest BCUT2D eigenvalue weighted by atomic mass is 10.1. The number of carbonyl (C=O) groups excluding carboxylic acids is 1. The van der Waals surface area contributed by atoms with Crippen LogP contribution in [0.25, 0.3) is 5.65 Å². The zero-order chi connectivity index (χ0) is 17.2. The van der Waals surface area contributed by atoms with E-state index < -0.39 is 0 Å². The van der Waals surface area contributed by atoms with Gasteiger partial charge in [-0.1, -0.05) is 12.1 Å². The van der Waals surface area contributed by atoms with Crippen molar-refractivity contribution in [2.45, 2.75) is 37.1 Å². The van der Waals surface area contributed by atoms with E-state index in [1.165, 1.54) is 24.0 Å². The van der Waals surface area contributed by atoms with Gasteiger partial charge in [-0.05, 0) is 61.6 Å². The highest BCUT2D eigenvalue weighted by atomic mass is 32.2. The molecule has 1 N–H and O–H groups in total. The van der Waals surface area contributed by atoms with Gasteiger partial charge in [-0.2, -0.15) is 0 Å². The van der Waals surface area contributed by atoms with Gasteiger partial charge >= 0.3 is 0 Å². The summed E-state index contributed by atoms with van der Waals surface area (Å²) in [7, 11) is 0. The summed E-state index contributed by atoms with van der Waals surface area (Å²) in [4.78, 5) is 13.5. The van der Waals surface area contributed by atoms with E-state index in [4.69, 9.17) is 0 Å². The second-order valence-corrected chi connectivity index (χ2v) is 7.40. The van der Waals surface area contributed by atoms with Crippen LogP contribution in [-0.2, 0) is 17.6 Å². The molecule has 6 heteroatoms. The molecule has 25 heavy (non-hydrogen) atoms. The van der Waals surface area contributed by atoms with Gasteiger partial charge in [0.2, 0.25) is 5.91 Å². The minimum atomic E-state index is -0.189. The monoisotopic (exact) mass is 352 g/mol. The highest BCUT2D eigenvalue weighted by Gasteiger charge is 2.16. The molecule has 0 saturated heterocycles. The molecule has 0 fully saturated rings. The van der Waals surface area contributed by atoms with E-state index in [0.29, 0.717) is 5.75 Å². The molecule has 1 atom stereocenters. The molecule has 128 valence electrons. The van der Waals surface area contributed by atoms with Crippen LogP contribution in [0.2, 0.25) is 0 Å². The molecule has 0 saturated carbocycles. The second-order valence-electron chi connectivity index (χ2n) is 6.35. The number of hydrogen-bond acceptors (Lipinski definition) is 4. The van der Waals surface area contributed by atoms with Crippen molar-refractivity contribution in [2.24, 2.45) is 0 Å². The van der Waals surface area contributed by atoms with E-state index in [2.05, 4.69) is 33.7 Å². The number of rotatable bonds is 5. The third kappa shape index (κ3) is 3.39. The van der Waals surface area contributed by atoms with Crippen LogP contribution in [-0.4, -0.2) is 26.3 Å². The molecule has 2 heterocycles. The number of thioether (sulfide) groups is 1. The summed E-state index contributed by atoms with van der Waals surface area (Å²) in [6.45, 7) is 1.93. The maximum absolute atomic E-state index is 12.3. The maximum atomic E-state index is 12.3. The van der Waals surface area contributed by atoms with Crippen LogP contribution in [0.15, 0.2) is 47.5 Å². The highest BCUT2D eigenvalue weighted by molar-refractivity contribution is 8.00. The minimum absolute atomic E-state index is 0.00526. The Morgan fingerprint density at radius 2 is 2.12 bits per heavy atom. The van der Waals surface area contributed by atoms with Gasteiger partial charge in [-0.25, -0.2) is 0 Å². The summed E-state index contributed by atoms with van der Waals surface area (Å²) in [6.07, 6.45) is 5.50. The molecular weight excluding hydrogens is 332 g/mol. The molecule has 0 spiro atoms. The molecule has 5 nitrogen and oxygen atoms in total. The highest BCUT2D eigenvalue weighted by Crippen LogP contribution is 2.27. The molecule has 0 bridgehead atoms. The zero-order valence-electron chi connectivity index (χ0n) is 14.1. The van der Waals surface area contributed by atoms with Gasteiger partial charge in [0.1, 0.15) is 0 Å². The summed E-state index contributed by atoms with van der Waals surface area (Å²) in [5.74, 6) is 1.15. The first kappa shape index (κ1) is 16.1. The van der Waals surface area contributed by atoms with Crippen LogP contribution < -0.4 is 5.32 Å². The molecule has 1 aromatic carbocycles. The van der Waals surface area contributed by atoms with Crippen molar-refractivity contribution >= 4 is 23.3 Å². The number of nitrogens with one attached hydrogen (secondary N) is 1. The van der Waals surface area contributed by atoms with E-state index in [-0.39, 0.29) is 11.9 Å². The van der Waals surface area contributed by atoms with Gasteiger partial charge in [0.15, 0.2) is 11.5 Å². The zero-order valence-corrected chi connectivity index (χ0v) is 14.9. The van der Waals surface area contributed by atoms with Gasteiger partial charge in [-0.15, -0.1) is 22.0 Å². The van der Waals surface area contributed by atoms with Gasteiger partial charge in [-0.3, -0.25) is 9.20 Å². The lowest BCUT2D eigenvalue weighted by molar-refractivity contribution is -0.119. The molecule has 1 unspecified atom stereocenters. The molecule has 0 aliphatic heterocycles. The predicted molar refractivity (Wildman–Crippen MR) is 98.7 cm³/mol. The fraction of sp³-hybridized carbons (Fsp3) is 0.316. The fourth-order valence-corrected chi connectivity index (χ4v) is 4.06. The van der Waals surface area contributed by atoms with Gasteiger partial charge < -0.3 is 5.32 Å². The second kappa shape index (κ2) is 6.88. The van der Waals surface area contributed by atoms with Crippen LogP contribution in [0.1, 0.15) is 36.3 Å². The molecule has 1 amide bonds. The van der Waals surface area contributed by atoms with E-state index in [0.717, 1.165) is 22.8 Å². The molecule has 0 radical (unpaired) electrons. The van der Waals surface area contributed by atoms with Gasteiger partial charge in [0, 0.05) is 11.1 Å². The predicted octanol–water partition coefficient (Wildman–Crippen LogP) is 3.19. The van der Waals surface area contributed by atoms with Crippen molar-refractivity contribution in [1.82, 2.24) is 19.9 Å².